The van der Waals surface area contributed by atoms with Crippen LogP contribution in [0.1, 0.15) is 18.4 Å². The van der Waals surface area contributed by atoms with Crippen LogP contribution in [0.2, 0.25) is 0 Å². The van der Waals surface area contributed by atoms with Crippen molar-refractivity contribution in [1.82, 2.24) is 10.3 Å². The fourth-order valence-electron chi connectivity index (χ4n) is 2.36. The van der Waals surface area contributed by atoms with Crippen molar-refractivity contribution in [2.75, 3.05) is 38.8 Å². The summed E-state index contributed by atoms with van der Waals surface area (Å²) in [5, 5.41) is 3.13. The minimum Gasteiger partial charge on any atom is -0.381 e. The maximum atomic E-state index is 5.39. The summed E-state index contributed by atoms with van der Waals surface area (Å²) in [5.74, 6) is 1.80. The van der Waals surface area contributed by atoms with E-state index in [4.69, 9.17) is 4.74 Å². The van der Waals surface area contributed by atoms with E-state index >= 15 is 0 Å². The molecule has 1 fully saturated rings. The lowest BCUT2D eigenvalue weighted by molar-refractivity contribution is 0.0685. The fraction of sp³-hybridized carbons (Fsp3) is 0.643. The molecule has 0 unspecified atom stereocenters. The molecule has 1 aliphatic rings. The largest absolute Gasteiger partial charge is 0.381 e. The summed E-state index contributed by atoms with van der Waals surface area (Å²) in [5.41, 5.74) is 1.22. The average Bonchev–Trinajstić information content (AvgIpc) is 2.41. The van der Waals surface area contributed by atoms with E-state index in [2.05, 4.69) is 34.4 Å². The van der Waals surface area contributed by atoms with Gasteiger partial charge in [0.25, 0.3) is 0 Å². The lowest BCUT2D eigenvalue weighted by Crippen LogP contribution is -2.30. The molecular formula is C14H23N3O. The normalized spacial score (nSPS) is 16.8. The number of nitrogens with one attached hydrogen (secondary N) is 1. The first-order valence-corrected chi connectivity index (χ1v) is 6.68. The Morgan fingerprint density at radius 2 is 2.17 bits per heavy atom. The van der Waals surface area contributed by atoms with Crippen LogP contribution in [-0.2, 0) is 11.3 Å². The van der Waals surface area contributed by atoms with E-state index in [1.165, 1.54) is 18.4 Å². The van der Waals surface area contributed by atoms with E-state index in [1.54, 1.807) is 0 Å². The highest BCUT2D eigenvalue weighted by molar-refractivity contribution is 5.38. The van der Waals surface area contributed by atoms with E-state index in [0.29, 0.717) is 0 Å². The van der Waals surface area contributed by atoms with E-state index in [1.807, 2.05) is 13.2 Å². The summed E-state index contributed by atoms with van der Waals surface area (Å²) in [6, 6.07) is 4.24. The third-order valence-corrected chi connectivity index (χ3v) is 3.45. The summed E-state index contributed by atoms with van der Waals surface area (Å²) in [6.45, 7) is 3.76. The Morgan fingerprint density at radius 3 is 2.78 bits per heavy atom. The smallest absolute Gasteiger partial charge is 0.128 e. The molecule has 2 rings (SSSR count). The fourth-order valence-corrected chi connectivity index (χ4v) is 2.36. The minimum absolute atomic E-state index is 0.738. The zero-order valence-corrected chi connectivity index (χ0v) is 11.4. The van der Waals surface area contributed by atoms with Crippen molar-refractivity contribution in [2.45, 2.75) is 19.4 Å². The molecule has 1 aromatic rings. The van der Waals surface area contributed by atoms with E-state index in [-0.39, 0.29) is 0 Å². The molecule has 0 atom stereocenters. The van der Waals surface area contributed by atoms with Crippen molar-refractivity contribution in [2.24, 2.45) is 5.92 Å². The van der Waals surface area contributed by atoms with Crippen molar-refractivity contribution >= 4 is 5.82 Å². The predicted molar refractivity (Wildman–Crippen MR) is 73.8 cm³/mol. The Labute approximate surface area is 109 Å². The number of hydrogen-bond donors (Lipinski definition) is 1. The van der Waals surface area contributed by atoms with Crippen LogP contribution in [0.25, 0.3) is 0 Å². The van der Waals surface area contributed by atoms with Gasteiger partial charge < -0.3 is 15.0 Å². The van der Waals surface area contributed by atoms with E-state index < -0.39 is 0 Å². The van der Waals surface area contributed by atoms with Crippen molar-refractivity contribution in [3.05, 3.63) is 23.9 Å². The van der Waals surface area contributed by atoms with Gasteiger partial charge in [0.2, 0.25) is 0 Å². The molecule has 4 heteroatoms. The molecule has 1 N–H and O–H groups in total. The van der Waals surface area contributed by atoms with Crippen molar-refractivity contribution in [1.29, 1.82) is 0 Å². The molecule has 100 valence electrons. The second-order valence-electron chi connectivity index (χ2n) is 4.99. The van der Waals surface area contributed by atoms with Gasteiger partial charge in [0.05, 0.1) is 0 Å². The first kappa shape index (κ1) is 13.3. The molecule has 0 spiro atoms. The molecule has 1 aromatic heterocycles. The van der Waals surface area contributed by atoms with E-state index in [0.717, 1.165) is 38.0 Å². The number of aromatic nitrogens is 1. The zero-order chi connectivity index (χ0) is 12.8. The van der Waals surface area contributed by atoms with Gasteiger partial charge in [-0.25, -0.2) is 4.98 Å². The molecule has 1 saturated heterocycles. The van der Waals surface area contributed by atoms with Gasteiger partial charge in [-0.2, -0.15) is 0 Å². The highest BCUT2D eigenvalue weighted by atomic mass is 16.5. The summed E-state index contributed by atoms with van der Waals surface area (Å²) < 4.78 is 5.39. The van der Waals surface area contributed by atoms with Crippen LogP contribution in [0, 0.1) is 5.92 Å². The van der Waals surface area contributed by atoms with Gasteiger partial charge in [0.1, 0.15) is 5.82 Å². The second-order valence-corrected chi connectivity index (χ2v) is 4.99. The number of hydrogen-bond acceptors (Lipinski definition) is 4. The number of nitrogens with zero attached hydrogens (tertiary/aromatic N) is 2. The highest BCUT2D eigenvalue weighted by Crippen LogP contribution is 2.18. The van der Waals surface area contributed by atoms with Crippen LogP contribution in [0.5, 0.6) is 0 Å². The molecule has 0 radical (unpaired) electrons. The molecule has 0 saturated carbocycles. The van der Waals surface area contributed by atoms with Crippen LogP contribution in [-0.4, -0.2) is 38.8 Å². The second kappa shape index (κ2) is 6.71. The summed E-state index contributed by atoms with van der Waals surface area (Å²) in [7, 11) is 4.07. The molecule has 0 amide bonds. The first-order chi connectivity index (χ1) is 8.79. The third kappa shape index (κ3) is 3.68. The third-order valence-electron chi connectivity index (χ3n) is 3.45. The van der Waals surface area contributed by atoms with Crippen LogP contribution < -0.4 is 10.2 Å². The maximum Gasteiger partial charge on any atom is 0.128 e. The highest BCUT2D eigenvalue weighted by Gasteiger charge is 2.16. The van der Waals surface area contributed by atoms with Crippen LogP contribution in [0.4, 0.5) is 5.82 Å². The first-order valence-electron chi connectivity index (χ1n) is 6.68. The number of ether oxygens (including phenoxy) is 1. The Bertz CT molecular complexity index is 347. The average molecular weight is 249 g/mol. The lowest BCUT2D eigenvalue weighted by Gasteiger charge is -2.27. The number of pyridine rings is 1. The molecule has 0 aromatic carbocycles. The maximum absolute atomic E-state index is 5.39. The van der Waals surface area contributed by atoms with Crippen LogP contribution in [0.15, 0.2) is 18.3 Å². The Kier molecular flexibility index (Phi) is 4.96. The van der Waals surface area contributed by atoms with Crippen molar-refractivity contribution < 1.29 is 4.74 Å². The molecule has 1 aliphatic heterocycles. The van der Waals surface area contributed by atoms with E-state index in [9.17, 15) is 0 Å². The van der Waals surface area contributed by atoms with Gasteiger partial charge >= 0.3 is 0 Å². The number of rotatable bonds is 5. The Balaban J connectivity index is 1.89. The zero-order valence-electron chi connectivity index (χ0n) is 11.4. The molecular weight excluding hydrogens is 226 g/mol. The monoisotopic (exact) mass is 249 g/mol. The summed E-state index contributed by atoms with van der Waals surface area (Å²) in [4.78, 5) is 6.77. The number of anilines is 1. The molecule has 18 heavy (non-hydrogen) atoms. The standard InChI is InChI=1S/C14H23N3O/c1-15-9-13-3-4-14(16-10-13)17(2)11-12-5-7-18-8-6-12/h3-4,10,12,15H,5-9,11H2,1-2H3. The summed E-state index contributed by atoms with van der Waals surface area (Å²) in [6.07, 6.45) is 4.29. The van der Waals surface area contributed by atoms with Crippen molar-refractivity contribution in [3.8, 4) is 0 Å². The molecule has 0 aliphatic carbocycles. The quantitative estimate of drug-likeness (QED) is 0.861. The van der Waals surface area contributed by atoms with Gasteiger partial charge in [0.15, 0.2) is 0 Å². The minimum atomic E-state index is 0.738. The Morgan fingerprint density at radius 1 is 1.39 bits per heavy atom. The molecule has 0 bridgehead atoms. The summed E-state index contributed by atoms with van der Waals surface area (Å²) >= 11 is 0. The van der Waals surface area contributed by atoms with Crippen LogP contribution >= 0.6 is 0 Å². The van der Waals surface area contributed by atoms with Gasteiger partial charge in [-0.05, 0) is 37.4 Å². The topological polar surface area (TPSA) is 37.4 Å². The van der Waals surface area contributed by atoms with Gasteiger partial charge in [-0.1, -0.05) is 6.07 Å². The van der Waals surface area contributed by atoms with Gasteiger partial charge in [-0.3, -0.25) is 0 Å². The van der Waals surface area contributed by atoms with Crippen molar-refractivity contribution in [3.63, 3.8) is 0 Å². The molecule has 4 nitrogen and oxygen atoms in total. The Hall–Kier alpha value is -1.13. The van der Waals surface area contributed by atoms with Gasteiger partial charge in [0, 0.05) is 39.5 Å². The van der Waals surface area contributed by atoms with Gasteiger partial charge in [-0.15, -0.1) is 0 Å². The van der Waals surface area contributed by atoms with Crippen LogP contribution in [0.3, 0.4) is 0 Å². The predicted octanol–water partition coefficient (Wildman–Crippen LogP) is 1.66. The SMILES string of the molecule is CNCc1ccc(N(C)CC2CCOCC2)nc1. The lowest BCUT2D eigenvalue weighted by atomic mass is 10.00. The molecule has 2 heterocycles.